The van der Waals surface area contributed by atoms with Gasteiger partial charge in [0.25, 0.3) is 0 Å². The number of ketones is 1. The second-order valence-corrected chi connectivity index (χ2v) is 5.20. The molecule has 0 fully saturated rings. The van der Waals surface area contributed by atoms with E-state index in [-0.39, 0.29) is 5.78 Å². The summed E-state index contributed by atoms with van der Waals surface area (Å²) in [6.45, 7) is 4.06. The number of aromatic nitrogens is 1. The Kier molecular flexibility index (Phi) is 4.16. The molecule has 0 aliphatic rings. The number of carbonyl (C=O) groups excluding carboxylic acids is 1. The summed E-state index contributed by atoms with van der Waals surface area (Å²) < 4.78 is 5.64. The van der Waals surface area contributed by atoms with E-state index >= 15 is 0 Å². The number of hydrogen-bond donors (Lipinski definition) is 1. The van der Waals surface area contributed by atoms with Crippen molar-refractivity contribution in [3.05, 3.63) is 39.8 Å². The molecule has 1 aromatic carbocycles. The van der Waals surface area contributed by atoms with E-state index in [0.717, 1.165) is 12.1 Å². The molecule has 0 saturated heterocycles. The van der Waals surface area contributed by atoms with Crippen LogP contribution in [0.5, 0.6) is 5.75 Å². The summed E-state index contributed by atoms with van der Waals surface area (Å²) in [6.07, 6.45) is 0.824. The molecule has 100 valence electrons. The molecule has 2 rings (SSSR count). The van der Waals surface area contributed by atoms with Crippen LogP contribution < -0.4 is 10.5 Å². The highest BCUT2D eigenvalue weighted by molar-refractivity contribution is 7.09. The second-order valence-electron chi connectivity index (χ2n) is 4.26. The van der Waals surface area contributed by atoms with Gasteiger partial charge in [0.2, 0.25) is 0 Å². The van der Waals surface area contributed by atoms with Crippen molar-refractivity contribution < 1.29 is 9.53 Å². The van der Waals surface area contributed by atoms with Gasteiger partial charge in [0.1, 0.15) is 5.75 Å². The Morgan fingerprint density at radius 3 is 2.84 bits per heavy atom. The molecule has 4 nitrogen and oxygen atoms in total. The molecule has 0 bridgehead atoms. The quantitative estimate of drug-likeness (QED) is 0.673. The predicted octanol–water partition coefficient (Wildman–Crippen LogP) is 2.86. The number of rotatable bonds is 5. The van der Waals surface area contributed by atoms with Crippen molar-refractivity contribution >= 4 is 22.8 Å². The zero-order valence-electron chi connectivity index (χ0n) is 11.0. The smallest absolute Gasteiger partial charge is 0.161 e. The first kappa shape index (κ1) is 13.5. The number of Topliss-reactive ketones (excluding diaryl/α,β-unsaturated/α-hetero) is 1. The van der Waals surface area contributed by atoms with Crippen molar-refractivity contribution in [3.8, 4) is 5.75 Å². The van der Waals surface area contributed by atoms with Gasteiger partial charge in [0.15, 0.2) is 5.78 Å². The van der Waals surface area contributed by atoms with Gasteiger partial charge in [0.05, 0.1) is 17.8 Å². The zero-order valence-corrected chi connectivity index (χ0v) is 11.8. The fraction of sp³-hybridized carbons (Fsp3) is 0.286. The molecule has 0 atom stereocenters. The fourth-order valence-corrected chi connectivity index (χ4v) is 2.54. The summed E-state index contributed by atoms with van der Waals surface area (Å²) in [5.74, 6) is 0.647. The van der Waals surface area contributed by atoms with Crippen LogP contribution in [0.4, 0.5) is 5.69 Å². The highest BCUT2D eigenvalue weighted by Crippen LogP contribution is 2.21. The summed E-state index contributed by atoms with van der Waals surface area (Å²) in [5.41, 5.74) is 9.69. The van der Waals surface area contributed by atoms with Gasteiger partial charge in [-0.2, -0.15) is 0 Å². The zero-order chi connectivity index (χ0) is 13.8. The van der Waals surface area contributed by atoms with E-state index in [2.05, 4.69) is 4.98 Å². The third-order valence-corrected chi connectivity index (χ3v) is 3.84. The predicted molar refractivity (Wildman–Crippen MR) is 76.9 cm³/mol. The number of nitrogen functional groups attached to an aromatic ring is 1. The van der Waals surface area contributed by atoms with E-state index in [9.17, 15) is 4.79 Å². The molecule has 0 aliphatic carbocycles. The lowest BCUT2D eigenvalue weighted by Gasteiger charge is -2.08. The summed E-state index contributed by atoms with van der Waals surface area (Å²) >= 11 is 1.63. The largest absolute Gasteiger partial charge is 0.493 e. The van der Waals surface area contributed by atoms with E-state index in [1.807, 2.05) is 12.4 Å². The van der Waals surface area contributed by atoms with Crippen LogP contribution in [-0.4, -0.2) is 17.4 Å². The molecule has 0 radical (unpaired) electrons. The van der Waals surface area contributed by atoms with Crippen molar-refractivity contribution in [1.29, 1.82) is 0 Å². The molecule has 1 heterocycles. The van der Waals surface area contributed by atoms with Gasteiger partial charge < -0.3 is 10.5 Å². The Bertz CT molecular complexity index is 593. The molecule has 0 saturated carbocycles. The average molecular weight is 276 g/mol. The number of nitrogens with two attached hydrogens (primary N) is 1. The normalized spacial score (nSPS) is 10.4. The number of benzene rings is 1. The number of hydrogen-bond acceptors (Lipinski definition) is 5. The first-order valence-electron chi connectivity index (χ1n) is 6.00. The standard InChI is InChI=1S/C14H16N2O2S/c1-9-14(19-8-16-9)5-6-18-11-3-4-12(10(2)17)13(15)7-11/h3-4,7-8H,5-6,15H2,1-2H3. The lowest BCUT2D eigenvalue weighted by Crippen LogP contribution is -2.04. The van der Waals surface area contributed by atoms with Crippen LogP contribution >= 0.6 is 11.3 Å². The number of thiazole rings is 1. The van der Waals surface area contributed by atoms with Gasteiger partial charge in [-0.15, -0.1) is 11.3 Å². The molecule has 0 spiro atoms. The Labute approximate surface area is 116 Å². The lowest BCUT2D eigenvalue weighted by molar-refractivity contribution is 0.101. The maximum absolute atomic E-state index is 11.3. The first-order chi connectivity index (χ1) is 9.08. The van der Waals surface area contributed by atoms with Crippen LogP contribution in [0, 0.1) is 6.92 Å². The molecular formula is C14H16N2O2S. The second kappa shape index (κ2) is 5.84. The highest BCUT2D eigenvalue weighted by Gasteiger charge is 2.06. The van der Waals surface area contributed by atoms with Gasteiger partial charge in [-0.3, -0.25) is 4.79 Å². The number of nitrogens with zero attached hydrogens (tertiary/aromatic N) is 1. The summed E-state index contributed by atoms with van der Waals surface area (Å²) in [5, 5.41) is 0. The molecule has 0 amide bonds. The number of aryl methyl sites for hydroxylation is 1. The molecule has 2 N–H and O–H groups in total. The van der Waals surface area contributed by atoms with Crippen molar-refractivity contribution in [2.45, 2.75) is 20.3 Å². The van der Waals surface area contributed by atoms with Crippen molar-refractivity contribution in [2.24, 2.45) is 0 Å². The molecule has 0 aliphatic heterocycles. The summed E-state index contributed by atoms with van der Waals surface area (Å²) in [4.78, 5) is 16.7. The number of anilines is 1. The van der Waals surface area contributed by atoms with E-state index in [4.69, 9.17) is 10.5 Å². The third-order valence-electron chi connectivity index (χ3n) is 2.85. The summed E-state index contributed by atoms with van der Waals surface area (Å²) in [7, 11) is 0. The monoisotopic (exact) mass is 276 g/mol. The number of ether oxygens (including phenoxy) is 1. The first-order valence-corrected chi connectivity index (χ1v) is 6.88. The Morgan fingerprint density at radius 2 is 2.26 bits per heavy atom. The van der Waals surface area contributed by atoms with Crippen molar-refractivity contribution in [1.82, 2.24) is 4.98 Å². The molecular weight excluding hydrogens is 260 g/mol. The SMILES string of the molecule is CC(=O)c1ccc(OCCc2scnc2C)cc1N. The minimum atomic E-state index is -0.0377. The van der Waals surface area contributed by atoms with Gasteiger partial charge in [0, 0.05) is 28.6 Å². The molecule has 2 aromatic rings. The molecule has 1 aromatic heterocycles. The van der Waals surface area contributed by atoms with Crippen LogP contribution in [-0.2, 0) is 6.42 Å². The van der Waals surface area contributed by atoms with E-state index in [1.54, 1.807) is 29.5 Å². The maximum Gasteiger partial charge on any atom is 0.161 e. The minimum Gasteiger partial charge on any atom is -0.493 e. The van der Waals surface area contributed by atoms with Crippen LogP contribution in [0.15, 0.2) is 23.7 Å². The highest BCUT2D eigenvalue weighted by atomic mass is 32.1. The Hall–Kier alpha value is -1.88. The third kappa shape index (κ3) is 3.32. The average Bonchev–Trinajstić information content (AvgIpc) is 2.75. The van der Waals surface area contributed by atoms with Gasteiger partial charge in [-0.05, 0) is 26.0 Å². The van der Waals surface area contributed by atoms with E-state index < -0.39 is 0 Å². The van der Waals surface area contributed by atoms with Crippen LogP contribution in [0.1, 0.15) is 27.9 Å². The van der Waals surface area contributed by atoms with Crippen LogP contribution in [0.2, 0.25) is 0 Å². The maximum atomic E-state index is 11.3. The van der Waals surface area contributed by atoms with Gasteiger partial charge >= 0.3 is 0 Å². The number of carbonyl (C=O) groups is 1. The lowest BCUT2D eigenvalue weighted by atomic mass is 10.1. The van der Waals surface area contributed by atoms with Crippen LogP contribution in [0.3, 0.4) is 0 Å². The minimum absolute atomic E-state index is 0.0377. The topological polar surface area (TPSA) is 65.2 Å². The molecule has 0 unspecified atom stereocenters. The van der Waals surface area contributed by atoms with E-state index in [0.29, 0.717) is 23.6 Å². The van der Waals surface area contributed by atoms with Gasteiger partial charge in [-0.25, -0.2) is 4.98 Å². The molecule has 5 heteroatoms. The van der Waals surface area contributed by atoms with Gasteiger partial charge in [-0.1, -0.05) is 0 Å². The Morgan fingerprint density at radius 1 is 1.47 bits per heavy atom. The molecule has 19 heavy (non-hydrogen) atoms. The van der Waals surface area contributed by atoms with Crippen LogP contribution in [0.25, 0.3) is 0 Å². The van der Waals surface area contributed by atoms with E-state index in [1.165, 1.54) is 11.8 Å². The Balaban J connectivity index is 1.95. The van der Waals surface area contributed by atoms with Crippen molar-refractivity contribution in [2.75, 3.05) is 12.3 Å². The fourth-order valence-electron chi connectivity index (χ4n) is 1.78. The summed E-state index contributed by atoms with van der Waals surface area (Å²) in [6, 6.07) is 5.16. The van der Waals surface area contributed by atoms with Crippen molar-refractivity contribution in [3.63, 3.8) is 0 Å².